The lowest BCUT2D eigenvalue weighted by molar-refractivity contribution is -0.131. The lowest BCUT2D eigenvalue weighted by atomic mass is 10.0. The minimum Gasteiger partial charge on any atom is -0.271 e. The standard InChI is InChI=1S/C19H23N3O2/c20-22(21-24)19(23)11-5-10-18-14-12-17(13-15-18)9-4-8-16-6-2-1-3-7-16/h1-3,6-7,12-15H,4-5,8-11,20H2. The molecule has 0 bridgehead atoms. The van der Waals surface area contributed by atoms with Crippen molar-refractivity contribution < 1.29 is 4.79 Å². The lowest BCUT2D eigenvalue weighted by Crippen LogP contribution is -2.31. The molecule has 2 aromatic rings. The zero-order valence-electron chi connectivity index (χ0n) is 13.7. The number of carbonyl (C=O) groups excluding carboxylic acids is 1. The summed E-state index contributed by atoms with van der Waals surface area (Å²) in [5.41, 5.74) is 3.87. The number of nitrogens with two attached hydrogens (primary N) is 1. The molecular weight excluding hydrogens is 302 g/mol. The van der Waals surface area contributed by atoms with E-state index in [4.69, 9.17) is 5.84 Å². The molecule has 0 aliphatic rings. The first-order valence-electron chi connectivity index (χ1n) is 8.21. The molecule has 0 unspecified atom stereocenters. The Morgan fingerprint density at radius 1 is 0.833 bits per heavy atom. The minimum absolute atomic E-state index is 0.223. The van der Waals surface area contributed by atoms with Crippen LogP contribution in [-0.2, 0) is 24.1 Å². The Balaban J connectivity index is 1.70. The molecule has 0 fully saturated rings. The van der Waals surface area contributed by atoms with Crippen LogP contribution in [0.1, 0.15) is 36.0 Å². The van der Waals surface area contributed by atoms with Gasteiger partial charge in [0.15, 0.2) is 0 Å². The molecule has 1 amide bonds. The maximum atomic E-state index is 11.4. The Labute approximate surface area is 142 Å². The number of rotatable bonds is 9. The molecular formula is C19H23N3O2. The van der Waals surface area contributed by atoms with Crippen molar-refractivity contribution in [2.24, 2.45) is 11.1 Å². The number of amides is 1. The zero-order chi connectivity index (χ0) is 17.2. The van der Waals surface area contributed by atoms with Gasteiger partial charge in [-0.15, -0.1) is 10.0 Å². The van der Waals surface area contributed by atoms with Gasteiger partial charge in [-0.25, -0.2) is 5.84 Å². The largest absolute Gasteiger partial charge is 0.271 e. The molecule has 0 atom stereocenters. The fourth-order valence-corrected chi connectivity index (χ4v) is 2.62. The predicted octanol–water partition coefficient (Wildman–Crippen LogP) is 3.57. The van der Waals surface area contributed by atoms with Gasteiger partial charge < -0.3 is 0 Å². The van der Waals surface area contributed by atoms with Crippen molar-refractivity contribution in [2.45, 2.75) is 38.5 Å². The van der Waals surface area contributed by atoms with E-state index < -0.39 is 5.91 Å². The van der Waals surface area contributed by atoms with Gasteiger partial charge in [0.05, 0.1) is 5.29 Å². The van der Waals surface area contributed by atoms with Crippen molar-refractivity contribution >= 4 is 5.91 Å². The molecule has 0 aliphatic carbocycles. The second kappa shape index (κ2) is 9.57. The van der Waals surface area contributed by atoms with Crippen molar-refractivity contribution in [1.29, 1.82) is 0 Å². The molecule has 0 aromatic heterocycles. The van der Waals surface area contributed by atoms with Gasteiger partial charge in [0.1, 0.15) is 0 Å². The van der Waals surface area contributed by atoms with Crippen LogP contribution in [0.5, 0.6) is 0 Å². The summed E-state index contributed by atoms with van der Waals surface area (Å²) >= 11 is 0. The monoisotopic (exact) mass is 325 g/mol. The lowest BCUT2D eigenvalue weighted by Gasteiger charge is -2.07. The normalized spacial score (nSPS) is 10.4. The van der Waals surface area contributed by atoms with E-state index in [0.717, 1.165) is 25.7 Å². The average molecular weight is 325 g/mol. The molecule has 0 saturated carbocycles. The number of hydrazine groups is 1. The number of hydrogen-bond donors (Lipinski definition) is 1. The van der Waals surface area contributed by atoms with Gasteiger partial charge in [-0.05, 0) is 48.8 Å². The highest BCUT2D eigenvalue weighted by atomic mass is 16.3. The smallest absolute Gasteiger partial charge is 0.260 e. The quantitative estimate of drug-likeness (QED) is 0.331. The summed E-state index contributed by atoms with van der Waals surface area (Å²) in [7, 11) is 0. The second-order valence-electron chi connectivity index (χ2n) is 5.83. The van der Waals surface area contributed by atoms with Crippen LogP contribution in [0.25, 0.3) is 0 Å². The SMILES string of the molecule is NN(N=O)C(=O)CCCc1ccc(CCCc2ccccc2)cc1. The third-order valence-electron chi connectivity index (χ3n) is 4.00. The number of nitrogens with zero attached hydrogens (tertiary/aromatic N) is 2. The first-order chi connectivity index (χ1) is 11.7. The molecule has 0 aliphatic heterocycles. The summed E-state index contributed by atoms with van der Waals surface area (Å²) < 4.78 is 0. The van der Waals surface area contributed by atoms with Crippen molar-refractivity contribution in [1.82, 2.24) is 5.12 Å². The van der Waals surface area contributed by atoms with E-state index >= 15 is 0 Å². The topological polar surface area (TPSA) is 75.8 Å². The Morgan fingerprint density at radius 3 is 1.88 bits per heavy atom. The second-order valence-corrected chi connectivity index (χ2v) is 5.83. The van der Waals surface area contributed by atoms with E-state index in [1.54, 1.807) is 0 Å². The first-order valence-corrected chi connectivity index (χ1v) is 8.21. The van der Waals surface area contributed by atoms with E-state index in [2.05, 4.69) is 53.8 Å². The van der Waals surface area contributed by atoms with E-state index in [1.807, 2.05) is 6.07 Å². The fourth-order valence-electron chi connectivity index (χ4n) is 2.62. The van der Waals surface area contributed by atoms with Gasteiger partial charge in [-0.2, -0.15) is 0 Å². The maximum absolute atomic E-state index is 11.4. The molecule has 0 saturated heterocycles. The maximum Gasteiger partial charge on any atom is 0.260 e. The van der Waals surface area contributed by atoms with E-state index in [0.29, 0.717) is 11.5 Å². The third-order valence-corrected chi connectivity index (χ3v) is 4.00. The minimum atomic E-state index is -0.456. The predicted molar refractivity (Wildman–Crippen MR) is 94.7 cm³/mol. The van der Waals surface area contributed by atoms with E-state index in [9.17, 15) is 9.70 Å². The van der Waals surface area contributed by atoms with Crippen molar-refractivity contribution in [3.05, 3.63) is 76.2 Å². The molecule has 2 aromatic carbocycles. The Hall–Kier alpha value is -2.53. The van der Waals surface area contributed by atoms with Gasteiger partial charge in [-0.3, -0.25) is 4.79 Å². The molecule has 5 nitrogen and oxygen atoms in total. The van der Waals surface area contributed by atoms with Crippen LogP contribution in [0, 0.1) is 4.91 Å². The Kier molecular flexibility index (Phi) is 7.11. The summed E-state index contributed by atoms with van der Waals surface area (Å²) in [6, 6.07) is 19.0. The fraction of sp³-hybridized carbons (Fsp3) is 0.316. The van der Waals surface area contributed by atoms with Crippen molar-refractivity contribution in [2.75, 3.05) is 0 Å². The number of hydrogen-bond acceptors (Lipinski definition) is 4. The van der Waals surface area contributed by atoms with Crippen LogP contribution >= 0.6 is 0 Å². The average Bonchev–Trinajstić information content (AvgIpc) is 2.63. The molecule has 126 valence electrons. The summed E-state index contributed by atoms with van der Waals surface area (Å²) in [4.78, 5) is 21.5. The molecule has 0 radical (unpaired) electrons. The number of benzene rings is 2. The van der Waals surface area contributed by atoms with Gasteiger partial charge >= 0.3 is 0 Å². The van der Waals surface area contributed by atoms with Crippen LogP contribution in [-0.4, -0.2) is 11.0 Å². The Morgan fingerprint density at radius 2 is 1.33 bits per heavy atom. The highest BCUT2D eigenvalue weighted by molar-refractivity contribution is 5.75. The summed E-state index contributed by atoms with van der Waals surface area (Å²) in [5, 5.41) is 2.74. The van der Waals surface area contributed by atoms with Gasteiger partial charge in [0.25, 0.3) is 5.91 Å². The molecule has 5 heteroatoms. The molecule has 2 rings (SSSR count). The summed E-state index contributed by atoms with van der Waals surface area (Å²) in [6.45, 7) is 0. The number of carbonyl (C=O) groups is 1. The van der Waals surface area contributed by atoms with Crippen molar-refractivity contribution in [3.8, 4) is 0 Å². The van der Waals surface area contributed by atoms with Gasteiger partial charge in [0.2, 0.25) is 0 Å². The van der Waals surface area contributed by atoms with Crippen LogP contribution in [0.4, 0.5) is 0 Å². The van der Waals surface area contributed by atoms with Gasteiger partial charge in [0, 0.05) is 6.42 Å². The van der Waals surface area contributed by atoms with Gasteiger partial charge in [-0.1, -0.05) is 54.6 Å². The first kappa shape index (κ1) is 17.8. The summed E-state index contributed by atoms with van der Waals surface area (Å²) in [6.07, 6.45) is 4.92. The number of aryl methyl sites for hydroxylation is 3. The molecule has 0 heterocycles. The van der Waals surface area contributed by atoms with E-state index in [-0.39, 0.29) is 6.42 Å². The highest BCUT2D eigenvalue weighted by Crippen LogP contribution is 2.12. The van der Waals surface area contributed by atoms with Crippen molar-refractivity contribution in [3.63, 3.8) is 0 Å². The van der Waals surface area contributed by atoms with Crippen LogP contribution in [0.3, 0.4) is 0 Å². The van der Waals surface area contributed by atoms with Crippen LogP contribution < -0.4 is 5.84 Å². The Bertz CT molecular complexity index is 641. The third kappa shape index (κ3) is 5.93. The summed E-state index contributed by atoms with van der Waals surface area (Å²) in [5.74, 6) is 4.65. The van der Waals surface area contributed by atoms with Crippen LogP contribution in [0.15, 0.2) is 59.9 Å². The highest BCUT2D eigenvalue weighted by Gasteiger charge is 2.08. The molecule has 0 spiro atoms. The number of nitroso groups, excluding NO2 is 1. The van der Waals surface area contributed by atoms with Crippen LogP contribution in [0.2, 0.25) is 0 Å². The van der Waals surface area contributed by atoms with E-state index in [1.165, 1.54) is 16.7 Å². The molecule has 24 heavy (non-hydrogen) atoms. The zero-order valence-corrected chi connectivity index (χ0v) is 13.7. The molecule has 2 N–H and O–H groups in total.